The Morgan fingerprint density at radius 3 is 2.48 bits per heavy atom. The Kier molecular flexibility index (Phi) is 6.52. The van der Waals surface area contributed by atoms with Crippen LogP contribution in [0.1, 0.15) is 17.5 Å². The summed E-state index contributed by atoms with van der Waals surface area (Å²) in [6.07, 6.45) is 1.12. The zero-order valence-electron chi connectivity index (χ0n) is 17.7. The van der Waals surface area contributed by atoms with Crippen LogP contribution >= 0.6 is 0 Å². The average molecular weight is 426 g/mol. The molecule has 1 spiro atoms. The molecule has 1 amide bonds. The monoisotopic (exact) mass is 425 g/mol. The van der Waals surface area contributed by atoms with E-state index in [1.165, 1.54) is 11.4 Å². The van der Waals surface area contributed by atoms with Gasteiger partial charge in [0.1, 0.15) is 12.4 Å². The van der Waals surface area contributed by atoms with E-state index < -0.39 is 10.0 Å². The number of amides is 1. The smallest absolute Gasteiger partial charge is 0.248 e. The van der Waals surface area contributed by atoms with Crippen LogP contribution in [0.25, 0.3) is 0 Å². The van der Waals surface area contributed by atoms with Crippen LogP contribution in [0.15, 0.2) is 17.0 Å². The quantitative estimate of drug-likeness (QED) is 0.619. The molecule has 0 atom stereocenters. The molecule has 1 N–H and O–H groups in total. The van der Waals surface area contributed by atoms with E-state index in [0.29, 0.717) is 16.9 Å². The molecule has 29 heavy (non-hydrogen) atoms. The molecule has 2 fully saturated rings. The normalized spacial score (nSPS) is 18.3. The third kappa shape index (κ3) is 4.58. The average Bonchev–Trinajstić information content (AvgIpc) is 3.12. The molecule has 162 valence electrons. The molecule has 0 bridgehead atoms. The molecular weight excluding hydrogens is 394 g/mol. The summed E-state index contributed by atoms with van der Waals surface area (Å²) in [6.45, 7) is 7.40. The summed E-state index contributed by atoms with van der Waals surface area (Å²) in [7, 11) is -0.579. The Bertz CT molecular complexity index is 834. The van der Waals surface area contributed by atoms with Gasteiger partial charge in [-0.05, 0) is 50.1 Å². The van der Waals surface area contributed by atoms with Gasteiger partial charge in [-0.1, -0.05) is 0 Å². The predicted octanol–water partition coefficient (Wildman–Crippen LogP) is 0.771. The number of ether oxygens (including phenoxy) is 2. The van der Waals surface area contributed by atoms with Gasteiger partial charge in [-0.2, -0.15) is 4.31 Å². The molecule has 1 aromatic rings. The second-order valence-electron chi connectivity index (χ2n) is 8.15. The van der Waals surface area contributed by atoms with Crippen molar-refractivity contribution >= 4 is 15.9 Å². The molecule has 8 nitrogen and oxygen atoms in total. The highest BCUT2D eigenvalue weighted by molar-refractivity contribution is 7.89. The van der Waals surface area contributed by atoms with Crippen molar-refractivity contribution in [3.63, 3.8) is 0 Å². The molecule has 0 radical (unpaired) electrons. The molecule has 0 aromatic heterocycles. The van der Waals surface area contributed by atoms with E-state index in [-0.39, 0.29) is 36.0 Å². The van der Waals surface area contributed by atoms with Gasteiger partial charge < -0.3 is 19.7 Å². The maximum Gasteiger partial charge on any atom is 0.248 e. The van der Waals surface area contributed by atoms with E-state index in [0.717, 1.165) is 32.6 Å². The van der Waals surface area contributed by atoms with Crippen molar-refractivity contribution in [3.05, 3.63) is 23.3 Å². The maximum atomic E-state index is 13.0. The van der Waals surface area contributed by atoms with Crippen LogP contribution in [0, 0.1) is 19.3 Å². The third-order valence-corrected chi connectivity index (χ3v) is 8.01. The minimum Gasteiger partial charge on any atom is -0.497 e. The number of likely N-dealkylation sites (tertiary alicyclic amines) is 1. The fourth-order valence-electron chi connectivity index (χ4n) is 4.16. The van der Waals surface area contributed by atoms with Crippen molar-refractivity contribution in [3.8, 4) is 5.75 Å². The maximum absolute atomic E-state index is 13.0. The summed E-state index contributed by atoms with van der Waals surface area (Å²) in [5.74, 6) is 0.597. The molecular formula is C20H31N3O5S. The Hall–Kier alpha value is -1.68. The number of nitrogens with one attached hydrogen (secondary N) is 1. The van der Waals surface area contributed by atoms with Crippen LogP contribution in [0.2, 0.25) is 0 Å². The van der Waals surface area contributed by atoms with Crippen molar-refractivity contribution < 1.29 is 22.7 Å². The van der Waals surface area contributed by atoms with Crippen molar-refractivity contribution in [2.24, 2.45) is 5.41 Å². The first-order valence-corrected chi connectivity index (χ1v) is 11.3. The zero-order chi connectivity index (χ0) is 21.2. The van der Waals surface area contributed by atoms with Crippen LogP contribution in [-0.2, 0) is 19.6 Å². The summed E-state index contributed by atoms with van der Waals surface area (Å²) in [6, 6.07) is 3.42. The number of sulfonamides is 1. The highest BCUT2D eigenvalue weighted by atomic mass is 32.2. The lowest BCUT2D eigenvalue weighted by Crippen LogP contribution is -2.60. The van der Waals surface area contributed by atoms with Gasteiger partial charge in [0.05, 0.1) is 18.6 Å². The molecule has 0 unspecified atom stereocenters. The van der Waals surface area contributed by atoms with Crippen LogP contribution in [0.5, 0.6) is 5.75 Å². The highest BCUT2D eigenvalue weighted by Crippen LogP contribution is 2.35. The fourth-order valence-corrected chi connectivity index (χ4v) is 5.72. The SMILES string of the molecule is COc1cc(C)c(S(=O)(=O)N(C)CCOCC(=O)N2CC3(CCNC3)C2)c(C)c1. The van der Waals surface area contributed by atoms with Gasteiger partial charge in [-0.25, -0.2) is 8.42 Å². The van der Waals surface area contributed by atoms with Crippen molar-refractivity contribution in [1.29, 1.82) is 0 Å². The number of hydrogen-bond donors (Lipinski definition) is 1. The Morgan fingerprint density at radius 1 is 1.28 bits per heavy atom. The fraction of sp³-hybridized carbons (Fsp3) is 0.650. The van der Waals surface area contributed by atoms with E-state index >= 15 is 0 Å². The van der Waals surface area contributed by atoms with E-state index in [9.17, 15) is 13.2 Å². The van der Waals surface area contributed by atoms with Gasteiger partial charge in [0.25, 0.3) is 0 Å². The van der Waals surface area contributed by atoms with Crippen LogP contribution in [-0.4, -0.2) is 83.6 Å². The predicted molar refractivity (Wildman–Crippen MR) is 110 cm³/mol. The first kappa shape index (κ1) is 22.0. The molecule has 2 aliphatic rings. The summed E-state index contributed by atoms with van der Waals surface area (Å²) in [4.78, 5) is 14.3. The number of rotatable bonds is 8. The van der Waals surface area contributed by atoms with Gasteiger partial charge in [0.2, 0.25) is 15.9 Å². The lowest BCUT2D eigenvalue weighted by atomic mass is 9.79. The second-order valence-corrected chi connectivity index (χ2v) is 10.1. The topological polar surface area (TPSA) is 88.2 Å². The van der Waals surface area contributed by atoms with E-state index in [4.69, 9.17) is 9.47 Å². The Labute approximate surface area is 173 Å². The molecule has 1 aromatic carbocycles. The number of carbonyl (C=O) groups excluding carboxylic acids is 1. The Balaban J connectivity index is 1.48. The standard InChI is InChI=1S/C20H31N3O5S/c1-15-9-17(27-4)10-16(2)19(15)29(25,26)22(3)7-8-28-11-18(24)23-13-20(14-23)5-6-21-12-20/h9-10,21H,5-8,11-14H2,1-4H3. The van der Waals surface area contributed by atoms with Gasteiger partial charge in [0, 0.05) is 38.6 Å². The lowest BCUT2D eigenvalue weighted by molar-refractivity contribution is -0.147. The molecule has 9 heteroatoms. The highest BCUT2D eigenvalue weighted by Gasteiger charge is 2.46. The zero-order valence-corrected chi connectivity index (χ0v) is 18.5. The van der Waals surface area contributed by atoms with Crippen LogP contribution < -0.4 is 10.1 Å². The van der Waals surface area contributed by atoms with Gasteiger partial charge >= 0.3 is 0 Å². The largest absolute Gasteiger partial charge is 0.497 e. The van der Waals surface area contributed by atoms with E-state index in [2.05, 4.69) is 5.32 Å². The summed E-state index contributed by atoms with van der Waals surface area (Å²) >= 11 is 0. The molecule has 2 saturated heterocycles. The number of aryl methyl sites for hydroxylation is 2. The number of benzene rings is 1. The number of hydrogen-bond acceptors (Lipinski definition) is 6. The number of nitrogens with zero attached hydrogens (tertiary/aromatic N) is 2. The van der Waals surface area contributed by atoms with E-state index in [1.54, 1.807) is 33.1 Å². The van der Waals surface area contributed by atoms with Crippen molar-refractivity contribution in [2.75, 3.05) is 60.1 Å². The molecule has 0 aliphatic carbocycles. The van der Waals surface area contributed by atoms with Gasteiger partial charge in [-0.3, -0.25) is 4.79 Å². The van der Waals surface area contributed by atoms with Crippen LogP contribution in [0.3, 0.4) is 0 Å². The molecule has 2 aliphatic heterocycles. The van der Waals surface area contributed by atoms with E-state index in [1.807, 2.05) is 4.90 Å². The second kappa shape index (κ2) is 8.59. The van der Waals surface area contributed by atoms with Gasteiger partial charge in [0.15, 0.2) is 0 Å². The molecule has 3 rings (SSSR count). The van der Waals surface area contributed by atoms with Crippen LogP contribution in [0.4, 0.5) is 0 Å². The number of methoxy groups -OCH3 is 1. The first-order chi connectivity index (χ1) is 13.7. The minimum absolute atomic E-state index is 0.0159. The Morgan fingerprint density at radius 2 is 1.93 bits per heavy atom. The first-order valence-electron chi connectivity index (χ1n) is 9.86. The van der Waals surface area contributed by atoms with Gasteiger partial charge in [-0.15, -0.1) is 0 Å². The summed E-state index contributed by atoms with van der Waals surface area (Å²) < 4.78 is 37.9. The van der Waals surface area contributed by atoms with Crippen molar-refractivity contribution in [2.45, 2.75) is 25.2 Å². The number of likely N-dealkylation sites (N-methyl/N-ethyl adjacent to an activating group) is 1. The van der Waals surface area contributed by atoms with Crippen molar-refractivity contribution in [1.82, 2.24) is 14.5 Å². The third-order valence-electron chi connectivity index (χ3n) is 5.85. The molecule has 0 saturated carbocycles. The summed E-state index contributed by atoms with van der Waals surface area (Å²) in [5.41, 5.74) is 1.54. The lowest BCUT2D eigenvalue weighted by Gasteiger charge is -2.47. The summed E-state index contributed by atoms with van der Waals surface area (Å²) in [5, 5.41) is 3.34. The minimum atomic E-state index is -3.66. The number of carbonyl (C=O) groups is 1. The molecule has 2 heterocycles.